The number of likely N-dealkylation sites (tertiary alicyclic amines) is 1. The maximum Gasteiger partial charge on any atom is 0.257 e. The van der Waals surface area contributed by atoms with Gasteiger partial charge in [-0.1, -0.05) is 0 Å². The van der Waals surface area contributed by atoms with Crippen molar-refractivity contribution in [2.24, 2.45) is 0 Å². The number of hydrogen-bond donors (Lipinski definition) is 0. The molecule has 0 atom stereocenters. The second-order valence-corrected chi connectivity index (χ2v) is 6.71. The third kappa shape index (κ3) is 3.58. The van der Waals surface area contributed by atoms with Crippen LogP contribution in [-0.4, -0.2) is 48.6 Å². The summed E-state index contributed by atoms with van der Waals surface area (Å²) in [4.78, 5) is 27.5. The van der Waals surface area contributed by atoms with Gasteiger partial charge in [-0.3, -0.25) is 14.5 Å². The van der Waals surface area contributed by atoms with Crippen LogP contribution in [-0.2, 0) is 6.54 Å². The number of amides is 1. The Bertz CT molecular complexity index is 915. The molecule has 1 aliphatic rings. The van der Waals surface area contributed by atoms with Crippen LogP contribution in [0.25, 0.3) is 11.1 Å². The van der Waals surface area contributed by atoms with Gasteiger partial charge in [0.25, 0.3) is 5.91 Å². The van der Waals surface area contributed by atoms with Gasteiger partial charge in [-0.2, -0.15) is 5.10 Å². The molecule has 0 aromatic carbocycles. The van der Waals surface area contributed by atoms with Crippen LogP contribution in [0.5, 0.6) is 0 Å². The fourth-order valence-electron chi connectivity index (χ4n) is 3.60. The lowest BCUT2D eigenvalue weighted by Gasteiger charge is -2.32. The first-order valence-corrected chi connectivity index (χ1v) is 9.28. The van der Waals surface area contributed by atoms with Crippen LogP contribution in [0, 0.1) is 0 Å². The maximum atomic E-state index is 12.7. The zero-order valence-corrected chi connectivity index (χ0v) is 15.3. The van der Waals surface area contributed by atoms with Gasteiger partial charge in [0.05, 0.1) is 17.5 Å². The number of piperidine rings is 1. The van der Waals surface area contributed by atoms with Gasteiger partial charge in [-0.15, -0.1) is 0 Å². The summed E-state index contributed by atoms with van der Waals surface area (Å²) < 4.78 is 1.78. The number of pyridine rings is 1. The lowest BCUT2D eigenvalue weighted by atomic mass is 9.89. The summed E-state index contributed by atoms with van der Waals surface area (Å²) in [5, 5.41) is 4.21. The molecule has 0 bridgehead atoms. The summed E-state index contributed by atoms with van der Waals surface area (Å²) in [6.45, 7) is 4.22. The maximum absolute atomic E-state index is 12.7. The predicted octanol–water partition coefficient (Wildman–Crippen LogP) is 2.77. The van der Waals surface area contributed by atoms with Crippen molar-refractivity contribution in [3.8, 4) is 11.1 Å². The van der Waals surface area contributed by atoms with Crippen molar-refractivity contribution in [2.45, 2.75) is 32.2 Å². The Labute approximate surface area is 158 Å². The fourth-order valence-corrected chi connectivity index (χ4v) is 3.60. The van der Waals surface area contributed by atoms with Crippen LogP contribution in [0.1, 0.15) is 41.7 Å². The summed E-state index contributed by atoms with van der Waals surface area (Å²) in [6, 6.07) is 3.96. The number of aromatic nitrogens is 5. The average Bonchev–Trinajstić information content (AvgIpc) is 3.23. The number of aryl methyl sites for hydroxylation is 1. The second-order valence-electron chi connectivity index (χ2n) is 6.71. The zero-order chi connectivity index (χ0) is 18.6. The van der Waals surface area contributed by atoms with Crippen LogP contribution < -0.4 is 0 Å². The van der Waals surface area contributed by atoms with E-state index in [1.807, 2.05) is 36.4 Å². The summed E-state index contributed by atoms with van der Waals surface area (Å²) in [6.07, 6.45) is 12.3. The van der Waals surface area contributed by atoms with E-state index < -0.39 is 0 Å². The average molecular weight is 362 g/mol. The molecule has 0 unspecified atom stereocenters. The lowest BCUT2D eigenvalue weighted by molar-refractivity contribution is 0.0712. The van der Waals surface area contributed by atoms with E-state index in [-0.39, 0.29) is 5.91 Å². The van der Waals surface area contributed by atoms with Crippen molar-refractivity contribution in [3.63, 3.8) is 0 Å². The highest BCUT2D eigenvalue weighted by Gasteiger charge is 2.27. The van der Waals surface area contributed by atoms with E-state index in [0.29, 0.717) is 11.5 Å². The van der Waals surface area contributed by atoms with E-state index in [9.17, 15) is 4.79 Å². The van der Waals surface area contributed by atoms with Crippen molar-refractivity contribution in [2.75, 3.05) is 13.1 Å². The van der Waals surface area contributed by atoms with Crippen LogP contribution in [0.3, 0.4) is 0 Å². The number of nitrogens with zero attached hydrogens (tertiary/aromatic N) is 6. The number of carbonyl (C=O) groups excluding carboxylic acids is 1. The molecule has 1 fully saturated rings. The van der Waals surface area contributed by atoms with Crippen LogP contribution in [0.4, 0.5) is 0 Å². The molecule has 0 N–H and O–H groups in total. The number of hydrogen-bond acceptors (Lipinski definition) is 5. The molecule has 3 aromatic rings. The molecule has 0 saturated carbocycles. The predicted molar refractivity (Wildman–Crippen MR) is 101 cm³/mol. The van der Waals surface area contributed by atoms with E-state index in [0.717, 1.165) is 49.3 Å². The summed E-state index contributed by atoms with van der Waals surface area (Å²) in [5.74, 6) is 0.378. The molecule has 7 nitrogen and oxygen atoms in total. The second kappa shape index (κ2) is 7.65. The van der Waals surface area contributed by atoms with E-state index in [1.165, 1.54) is 0 Å². The Morgan fingerprint density at radius 3 is 2.63 bits per heavy atom. The zero-order valence-electron chi connectivity index (χ0n) is 15.3. The Kier molecular flexibility index (Phi) is 4.91. The fraction of sp³-hybridized carbons (Fsp3) is 0.350. The van der Waals surface area contributed by atoms with Crippen molar-refractivity contribution in [1.82, 2.24) is 29.6 Å². The molecule has 0 aliphatic carbocycles. The van der Waals surface area contributed by atoms with E-state index >= 15 is 0 Å². The highest BCUT2D eigenvalue weighted by molar-refractivity contribution is 5.93. The third-order valence-electron chi connectivity index (χ3n) is 5.11. The van der Waals surface area contributed by atoms with Crippen molar-refractivity contribution >= 4 is 5.91 Å². The highest BCUT2D eigenvalue weighted by Crippen LogP contribution is 2.33. The van der Waals surface area contributed by atoms with Gasteiger partial charge in [0, 0.05) is 55.9 Å². The van der Waals surface area contributed by atoms with Crippen LogP contribution in [0.15, 0.2) is 49.4 Å². The molecule has 27 heavy (non-hydrogen) atoms. The smallest absolute Gasteiger partial charge is 0.257 e. The Morgan fingerprint density at radius 1 is 1.15 bits per heavy atom. The van der Waals surface area contributed by atoms with Crippen molar-refractivity contribution in [1.29, 1.82) is 0 Å². The normalized spacial score (nSPS) is 15.1. The van der Waals surface area contributed by atoms with Gasteiger partial charge in [0.2, 0.25) is 0 Å². The molecule has 3 aromatic heterocycles. The molecule has 7 heteroatoms. The molecule has 138 valence electrons. The van der Waals surface area contributed by atoms with Gasteiger partial charge in [0.1, 0.15) is 6.33 Å². The van der Waals surface area contributed by atoms with Gasteiger partial charge < -0.3 is 4.90 Å². The van der Waals surface area contributed by atoms with Crippen LogP contribution >= 0.6 is 0 Å². The Morgan fingerprint density at radius 2 is 1.93 bits per heavy atom. The summed E-state index contributed by atoms with van der Waals surface area (Å²) in [7, 11) is 0. The molecule has 4 rings (SSSR count). The lowest BCUT2D eigenvalue weighted by Crippen LogP contribution is -2.38. The largest absolute Gasteiger partial charge is 0.339 e. The van der Waals surface area contributed by atoms with Gasteiger partial charge in [0.15, 0.2) is 0 Å². The highest BCUT2D eigenvalue weighted by atomic mass is 16.2. The summed E-state index contributed by atoms with van der Waals surface area (Å²) in [5.41, 5.74) is 3.84. The van der Waals surface area contributed by atoms with E-state index in [2.05, 4.69) is 20.1 Å². The quantitative estimate of drug-likeness (QED) is 0.713. The van der Waals surface area contributed by atoms with E-state index in [1.54, 1.807) is 29.6 Å². The summed E-state index contributed by atoms with van der Waals surface area (Å²) >= 11 is 0. The van der Waals surface area contributed by atoms with Crippen molar-refractivity contribution < 1.29 is 4.79 Å². The van der Waals surface area contributed by atoms with E-state index in [4.69, 9.17) is 0 Å². The topological polar surface area (TPSA) is 76.8 Å². The van der Waals surface area contributed by atoms with Crippen LogP contribution in [0.2, 0.25) is 0 Å². The Balaban J connectivity index is 1.48. The minimum absolute atomic E-state index is 0.0604. The minimum Gasteiger partial charge on any atom is -0.339 e. The first kappa shape index (κ1) is 17.3. The standard InChI is InChI=1S/C20H22N6O/c1-2-26-13-17(11-24-26)20(27)25-9-5-16(6-10-25)19-18(12-22-14-23-19)15-3-7-21-8-4-15/h3-4,7-8,11-14,16H,2,5-6,9-10H2,1H3. The first-order valence-electron chi connectivity index (χ1n) is 9.28. The molecule has 1 aliphatic heterocycles. The third-order valence-corrected chi connectivity index (χ3v) is 5.11. The number of rotatable bonds is 4. The molecular weight excluding hydrogens is 340 g/mol. The van der Waals surface area contributed by atoms with Gasteiger partial charge in [-0.05, 0) is 37.5 Å². The molecular formula is C20H22N6O. The monoisotopic (exact) mass is 362 g/mol. The first-order chi connectivity index (χ1) is 13.3. The van der Waals surface area contributed by atoms with Gasteiger partial charge in [-0.25, -0.2) is 9.97 Å². The molecule has 4 heterocycles. The minimum atomic E-state index is 0.0604. The molecule has 0 spiro atoms. The molecule has 0 radical (unpaired) electrons. The molecule has 1 saturated heterocycles. The SMILES string of the molecule is CCn1cc(C(=O)N2CCC(c3ncncc3-c3ccncc3)CC2)cn1. The molecule has 1 amide bonds. The number of carbonyl (C=O) groups is 1. The Hall–Kier alpha value is -3.09. The van der Waals surface area contributed by atoms with Crippen molar-refractivity contribution in [3.05, 3.63) is 60.7 Å². The van der Waals surface area contributed by atoms with Gasteiger partial charge >= 0.3 is 0 Å².